The van der Waals surface area contributed by atoms with Gasteiger partial charge < -0.3 is 4.90 Å². The zero-order valence-corrected chi connectivity index (χ0v) is 11.2. The third-order valence-electron chi connectivity index (χ3n) is 2.66. The summed E-state index contributed by atoms with van der Waals surface area (Å²) in [5.74, 6) is 0.208. The van der Waals surface area contributed by atoms with Crippen molar-refractivity contribution in [3.8, 4) is 0 Å². The lowest BCUT2D eigenvalue weighted by Gasteiger charge is -2.37. The fourth-order valence-corrected chi connectivity index (χ4v) is 2.13. The van der Waals surface area contributed by atoms with E-state index < -0.39 is 0 Å². The van der Waals surface area contributed by atoms with Gasteiger partial charge in [0.05, 0.1) is 6.04 Å². The number of likely N-dealkylation sites (N-methyl/N-ethyl adjacent to an activating group) is 1. The highest BCUT2D eigenvalue weighted by molar-refractivity contribution is 5.81. The number of amides is 1. The maximum atomic E-state index is 12.0. The SMILES string of the molecule is CCC(C(=O)N(C)C)N(C(C)C)C(C)C. The molecule has 0 aliphatic carbocycles. The van der Waals surface area contributed by atoms with E-state index in [4.69, 9.17) is 0 Å². The van der Waals surface area contributed by atoms with Gasteiger partial charge in [-0.15, -0.1) is 0 Å². The number of carbonyl (C=O) groups is 1. The van der Waals surface area contributed by atoms with Gasteiger partial charge in [-0.1, -0.05) is 6.92 Å². The molecule has 1 atom stereocenters. The van der Waals surface area contributed by atoms with Crippen LogP contribution < -0.4 is 0 Å². The molecule has 0 fully saturated rings. The van der Waals surface area contributed by atoms with E-state index in [-0.39, 0.29) is 11.9 Å². The first-order chi connectivity index (χ1) is 6.82. The van der Waals surface area contributed by atoms with E-state index in [0.717, 1.165) is 6.42 Å². The second-order valence-electron chi connectivity index (χ2n) is 4.79. The van der Waals surface area contributed by atoms with Gasteiger partial charge in [0.1, 0.15) is 0 Å². The molecule has 0 spiro atoms. The first-order valence-electron chi connectivity index (χ1n) is 5.81. The summed E-state index contributed by atoms with van der Waals surface area (Å²) in [5.41, 5.74) is 0. The van der Waals surface area contributed by atoms with Crippen molar-refractivity contribution in [1.82, 2.24) is 9.80 Å². The molecule has 0 aromatic rings. The summed E-state index contributed by atoms with van der Waals surface area (Å²) >= 11 is 0. The van der Waals surface area contributed by atoms with Crippen molar-refractivity contribution < 1.29 is 4.79 Å². The average molecular weight is 214 g/mol. The van der Waals surface area contributed by atoms with Crippen LogP contribution in [0.5, 0.6) is 0 Å². The highest BCUT2D eigenvalue weighted by atomic mass is 16.2. The Bertz CT molecular complexity index is 192. The average Bonchev–Trinajstić information content (AvgIpc) is 2.10. The van der Waals surface area contributed by atoms with Crippen LogP contribution in [0.1, 0.15) is 41.0 Å². The van der Waals surface area contributed by atoms with E-state index >= 15 is 0 Å². The highest BCUT2D eigenvalue weighted by Crippen LogP contribution is 2.15. The minimum Gasteiger partial charge on any atom is -0.347 e. The summed E-state index contributed by atoms with van der Waals surface area (Å²) in [6.07, 6.45) is 0.868. The van der Waals surface area contributed by atoms with Crippen LogP contribution in [-0.2, 0) is 4.79 Å². The van der Waals surface area contributed by atoms with Gasteiger partial charge in [-0.2, -0.15) is 0 Å². The monoisotopic (exact) mass is 214 g/mol. The molecule has 0 saturated carbocycles. The van der Waals surface area contributed by atoms with E-state index in [0.29, 0.717) is 12.1 Å². The largest absolute Gasteiger partial charge is 0.347 e. The van der Waals surface area contributed by atoms with Gasteiger partial charge in [-0.05, 0) is 34.1 Å². The zero-order valence-electron chi connectivity index (χ0n) is 11.2. The van der Waals surface area contributed by atoms with Crippen molar-refractivity contribution in [1.29, 1.82) is 0 Å². The fourth-order valence-electron chi connectivity index (χ4n) is 2.13. The highest BCUT2D eigenvalue weighted by Gasteiger charge is 2.29. The second-order valence-corrected chi connectivity index (χ2v) is 4.79. The Morgan fingerprint density at radius 2 is 1.47 bits per heavy atom. The van der Waals surface area contributed by atoms with Gasteiger partial charge in [-0.3, -0.25) is 9.69 Å². The number of rotatable bonds is 5. The lowest BCUT2D eigenvalue weighted by atomic mass is 10.1. The van der Waals surface area contributed by atoms with Crippen LogP contribution in [0.25, 0.3) is 0 Å². The predicted octanol–water partition coefficient (Wildman–Crippen LogP) is 1.97. The molecule has 0 aromatic heterocycles. The number of hydrogen-bond acceptors (Lipinski definition) is 2. The van der Waals surface area contributed by atoms with E-state index in [1.54, 1.807) is 4.90 Å². The summed E-state index contributed by atoms with van der Waals surface area (Å²) in [5, 5.41) is 0. The number of hydrogen-bond donors (Lipinski definition) is 0. The van der Waals surface area contributed by atoms with Gasteiger partial charge in [0, 0.05) is 26.2 Å². The third kappa shape index (κ3) is 3.82. The Morgan fingerprint density at radius 1 is 1.07 bits per heavy atom. The molecule has 0 aliphatic heterocycles. The lowest BCUT2D eigenvalue weighted by molar-refractivity contribution is -0.136. The van der Waals surface area contributed by atoms with Crippen molar-refractivity contribution in [3.63, 3.8) is 0 Å². The number of nitrogens with zero attached hydrogens (tertiary/aromatic N) is 2. The molecule has 3 heteroatoms. The summed E-state index contributed by atoms with van der Waals surface area (Å²) in [4.78, 5) is 16.0. The van der Waals surface area contributed by atoms with Crippen LogP contribution in [0.4, 0.5) is 0 Å². The molecule has 90 valence electrons. The Kier molecular flexibility index (Phi) is 5.88. The van der Waals surface area contributed by atoms with E-state index in [2.05, 4.69) is 39.5 Å². The van der Waals surface area contributed by atoms with E-state index in [1.807, 2.05) is 14.1 Å². The Balaban J connectivity index is 4.82. The molecule has 0 aromatic carbocycles. The third-order valence-corrected chi connectivity index (χ3v) is 2.66. The summed E-state index contributed by atoms with van der Waals surface area (Å²) in [6, 6.07) is 0.817. The van der Waals surface area contributed by atoms with Crippen molar-refractivity contribution in [2.45, 2.75) is 59.2 Å². The molecule has 0 saturated heterocycles. The molecule has 1 unspecified atom stereocenters. The summed E-state index contributed by atoms with van der Waals surface area (Å²) in [6.45, 7) is 10.7. The van der Waals surface area contributed by atoms with Crippen LogP contribution in [-0.4, -0.2) is 47.9 Å². The zero-order chi connectivity index (χ0) is 12.2. The van der Waals surface area contributed by atoms with Gasteiger partial charge in [-0.25, -0.2) is 0 Å². The normalized spacial score (nSPS) is 13.7. The van der Waals surface area contributed by atoms with Crippen molar-refractivity contribution in [3.05, 3.63) is 0 Å². The first-order valence-corrected chi connectivity index (χ1v) is 5.81. The summed E-state index contributed by atoms with van der Waals surface area (Å²) < 4.78 is 0. The predicted molar refractivity (Wildman–Crippen MR) is 64.9 cm³/mol. The first kappa shape index (κ1) is 14.4. The van der Waals surface area contributed by atoms with Crippen LogP contribution in [0.2, 0.25) is 0 Å². The van der Waals surface area contributed by atoms with Gasteiger partial charge in [0.2, 0.25) is 5.91 Å². The van der Waals surface area contributed by atoms with Gasteiger partial charge in [0.15, 0.2) is 0 Å². The lowest BCUT2D eigenvalue weighted by Crippen LogP contribution is -2.52. The van der Waals surface area contributed by atoms with Crippen LogP contribution >= 0.6 is 0 Å². The minimum absolute atomic E-state index is 0.0139. The Labute approximate surface area is 94.4 Å². The molecule has 0 heterocycles. The Hall–Kier alpha value is -0.570. The minimum atomic E-state index is 0.0139. The van der Waals surface area contributed by atoms with E-state index in [1.165, 1.54) is 0 Å². The quantitative estimate of drug-likeness (QED) is 0.698. The molecule has 0 bridgehead atoms. The van der Waals surface area contributed by atoms with Crippen molar-refractivity contribution >= 4 is 5.91 Å². The van der Waals surface area contributed by atoms with Gasteiger partial charge in [0.25, 0.3) is 0 Å². The topological polar surface area (TPSA) is 23.6 Å². The van der Waals surface area contributed by atoms with Crippen LogP contribution in [0.15, 0.2) is 0 Å². The molecule has 1 amide bonds. The number of carbonyl (C=O) groups excluding carboxylic acids is 1. The van der Waals surface area contributed by atoms with Crippen molar-refractivity contribution in [2.24, 2.45) is 0 Å². The van der Waals surface area contributed by atoms with Gasteiger partial charge >= 0.3 is 0 Å². The van der Waals surface area contributed by atoms with E-state index in [9.17, 15) is 4.79 Å². The van der Waals surface area contributed by atoms with Crippen molar-refractivity contribution in [2.75, 3.05) is 14.1 Å². The molecule has 3 nitrogen and oxygen atoms in total. The van der Waals surface area contributed by atoms with Crippen LogP contribution in [0, 0.1) is 0 Å². The smallest absolute Gasteiger partial charge is 0.239 e. The standard InChI is InChI=1S/C12H26N2O/c1-8-11(12(15)13(6)7)14(9(2)3)10(4)5/h9-11H,8H2,1-7H3. The molecule has 0 N–H and O–H groups in total. The molecular weight excluding hydrogens is 188 g/mol. The Morgan fingerprint density at radius 3 is 1.67 bits per heavy atom. The molecular formula is C12H26N2O. The summed E-state index contributed by atoms with van der Waals surface area (Å²) in [7, 11) is 3.65. The maximum Gasteiger partial charge on any atom is 0.239 e. The van der Waals surface area contributed by atoms with Crippen LogP contribution in [0.3, 0.4) is 0 Å². The molecule has 0 radical (unpaired) electrons. The maximum absolute atomic E-state index is 12.0. The second kappa shape index (κ2) is 6.11. The molecule has 15 heavy (non-hydrogen) atoms. The molecule has 0 aliphatic rings. The fraction of sp³-hybridized carbons (Fsp3) is 0.917. The molecule has 0 rings (SSSR count).